The highest BCUT2D eigenvalue weighted by atomic mass is 35.5. The lowest BCUT2D eigenvalue weighted by Crippen LogP contribution is -2.34. The summed E-state index contributed by atoms with van der Waals surface area (Å²) in [6, 6.07) is 15.3. The van der Waals surface area contributed by atoms with Crippen LogP contribution in [-0.4, -0.2) is 11.9 Å². The number of carbonyl (C=O) groups excluding carboxylic acids is 1. The molecule has 132 valence electrons. The fourth-order valence-corrected chi connectivity index (χ4v) is 3.36. The lowest BCUT2D eigenvalue weighted by molar-refractivity contribution is 0.0933. The van der Waals surface area contributed by atoms with Gasteiger partial charge >= 0.3 is 0 Å². The third kappa shape index (κ3) is 5.23. The van der Waals surface area contributed by atoms with E-state index in [1.807, 2.05) is 42.5 Å². The van der Waals surface area contributed by atoms with Crippen LogP contribution in [0.4, 0.5) is 0 Å². The first-order valence-corrected chi connectivity index (χ1v) is 9.37. The number of halogens is 1. The van der Waals surface area contributed by atoms with E-state index in [-0.39, 0.29) is 5.91 Å². The van der Waals surface area contributed by atoms with Gasteiger partial charge in [-0.2, -0.15) is 0 Å². The van der Waals surface area contributed by atoms with Crippen molar-refractivity contribution in [1.82, 2.24) is 5.32 Å². The molecule has 3 rings (SSSR count). The largest absolute Gasteiger partial charge is 0.487 e. The quantitative estimate of drug-likeness (QED) is 0.730. The Labute approximate surface area is 154 Å². The maximum absolute atomic E-state index is 12.4. The molecule has 0 spiro atoms. The zero-order valence-electron chi connectivity index (χ0n) is 14.3. The van der Waals surface area contributed by atoms with Gasteiger partial charge in [-0.1, -0.05) is 61.5 Å². The highest BCUT2D eigenvalue weighted by Crippen LogP contribution is 2.24. The highest BCUT2D eigenvalue weighted by molar-refractivity contribution is 6.32. The van der Waals surface area contributed by atoms with E-state index in [2.05, 4.69) is 5.32 Å². The van der Waals surface area contributed by atoms with Crippen molar-refractivity contribution >= 4 is 17.5 Å². The van der Waals surface area contributed by atoms with Gasteiger partial charge in [0.15, 0.2) is 0 Å². The summed E-state index contributed by atoms with van der Waals surface area (Å²) in [4.78, 5) is 12.4. The third-order valence-electron chi connectivity index (χ3n) is 4.64. The number of carbonyl (C=O) groups is 1. The van der Waals surface area contributed by atoms with Crippen LogP contribution in [0.2, 0.25) is 5.02 Å². The number of rotatable bonds is 5. The van der Waals surface area contributed by atoms with Crippen molar-refractivity contribution in [2.45, 2.75) is 51.2 Å². The summed E-state index contributed by atoms with van der Waals surface area (Å²) in [6.45, 7) is 0.425. The Morgan fingerprint density at radius 1 is 1.00 bits per heavy atom. The average Bonchev–Trinajstić information content (AvgIpc) is 2.90. The standard InChI is InChI=1S/C21H24ClNO2/c22-19-9-5-6-10-20(19)25-15-16-11-13-17(14-12-16)21(24)23-18-7-3-1-2-4-8-18/h5-6,9-14,18H,1-4,7-8,15H2,(H,23,24). The first-order valence-electron chi connectivity index (χ1n) is 8.99. The van der Waals surface area contributed by atoms with E-state index < -0.39 is 0 Å². The second-order valence-corrected chi connectivity index (χ2v) is 6.99. The van der Waals surface area contributed by atoms with Gasteiger partial charge < -0.3 is 10.1 Å². The predicted octanol–water partition coefficient (Wildman–Crippen LogP) is 5.37. The molecule has 0 atom stereocenters. The van der Waals surface area contributed by atoms with Crippen molar-refractivity contribution in [3.05, 3.63) is 64.7 Å². The molecule has 1 amide bonds. The lowest BCUT2D eigenvalue weighted by Gasteiger charge is -2.16. The summed E-state index contributed by atoms with van der Waals surface area (Å²) in [6.07, 6.45) is 7.18. The molecule has 4 heteroatoms. The first-order chi connectivity index (χ1) is 12.2. The number of hydrogen-bond acceptors (Lipinski definition) is 2. The molecule has 1 N–H and O–H groups in total. The van der Waals surface area contributed by atoms with Gasteiger partial charge in [-0.05, 0) is 42.7 Å². The van der Waals surface area contributed by atoms with Gasteiger partial charge in [-0.3, -0.25) is 4.79 Å². The number of hydrogen-bond donors (Lipinski definition) is 1. The normalized spacial score (nSPS) is 15.4. The molecule has 1 aliphatic carbocycles. The maximum Gasteiger partial charge on any atom is 0.251 e. The van der Waals surface area contributed by atoms with Crippen LogP contribution in [-0.2, 0) is 6.61 Å². The fraction of sp³-hybridized carbons (Fsp3) is 0.381. The monoisotopic (exact) mass is 357 g/mol. The summed E-state index contributed by atoms with van der Waals surface area (Å²) in [5.41, 5.74) is 1.71. The van der Waals surface area contributed by atoms with E-state index in [1.54, 1.807) is 6.07 Å². The lowest BCUT2D eigenvalue weighted by atomic mass is 10.1. The average molecular weight is 358 g/mol. The number of benzene rings is 2. The minimum Gasteiger partial charge on any atom is -0.487 e. The van der Waals surface area contributed by atoms with Gasteiger partial charge in [0.1, 0.15) is 12.4 Å². The number of nitrogens with one attached hydrogen (secondary N) is 1. The summed E-state index contributed by atoms with van der Waals surface area (Å²) < 4.78 is 5.73. The summed E-state index contributed by atoms with van der Waals surface area (Å²) in [5.74, 6) is 0.685. The smallest absolute Gasteiger partial charge is 0.251 e. The van der Waals surface area contributed by atoms with Gasteiger partial charge in [-0.25, -0.2) is 0 Å². The molecule has 0 unspecified atom stereocenters. The van der Waals surface area contributed by atoms with Crippen molar-refractivity contribution in [2.75, 3.05) is 0 Å². The minimum absolute atomic E-state index is 0.0190. The Hall–Kier alpha value is -2.00. The third-order valence-corrected chi connectivity index (χ3v) is 4.95. The SMILES string of the molecule is O=C(NC1CCCCCC1)c1ccc(COc2ccccc2Cl)cc1. The molecule has 0 bridgehead atoms. The first kappa shape index (κ1) is 17.8. The minimum atomic E-state index is 0.0190. The van der Waals surface area contributed by atoms with E-state index in [4.69, 9.17) is 16.3 Å². The topological polar surface area (TPSA) is 38.3 Å². The number of amides is 1. The molecule has 0 saturated heterocycles. The van der Waals surface area contributed by atoms with Crippen LogP contribution in [0, 0.1) is 0 Å². The van der Waals surface area contributed by atoms with Gasteiger partial charge in [0.2, 0.25) is 0 Å². The van der Waals surface area contributed by atoms with Crippen LogP contribution in [0.3, 0.4) is 0 Å². The zero-order valence-corrected chi connectivity index (χ0v) is 15.1. The van der Waals surface area contributed by atoms with E-state index in [1.165, 1.54) is 25.7 Å². The van der Waals surface area contributed by atoms with Crippen molar-refractivity contribution in [3.8, 4) is 5.75 Å². The fourth-order valence-electron chi connectivity index (χ4n) is 3.17. The Balaban J connectivity index is 1.54. The molecule has 25 heavy (non-hydrogen) atoms. The molecule has 1 fully saturated rings. The van der Waals surface area contributed by atoms with Crippen molar-refractivity contribution in [2.24, 2.45) is 0 Å². The maximum atomic E-state index is 12.4. The van der Waals surface area contributed by atoms with Crippen molar-refractivity contribution in [3.63, 3.8) is 0 Å². The Bertz CT molecular complexity index is 691. The molecule has 2 aromatic rings. The van der Waals surface area contributed by atoms with Crippen LogP contribution >= 0.6 is 11.6 Å². The second-order valence-electron chi connectivity index (χ2n) is 6.58. The zero-order chi connectivity index (χ0) is 17.5. The van der Waals surface area contributed by atoms with E-state index in [0.29, 0.717) is 29.0 Å². The molecule has 3 nitrogen and oxygen atoms in total. The molecule has 0 heterocycles. The van der Waals surface area contributed by atoms with Gasteiger partial charge in [0.25, 0.3) is 5.91 Å². The Kier molecular flexibility index (Phi) is 6.35. The highest BCUT2D eigenvalue weighted by Gasteiger charge is 2.15. The van der Waals surface area contributed by atoms with Crippen molar-refractivity contribution < 1.29 is 9.53 Å². The Morgan fingerprint density at radius 2 is 1.68 bits per heavy atom. The van der Waals surface area contributed by atoms with Gasteiger partial charge in [0, 0.05) is 11.6 Å². The molecule has 0 aliphatic heterocycles. The second kappa shape index (κ2) is 8.91. The van der Waals surface area contributed by atoms with E-state index >= 15 is 0 Å². The Morgan fingerprint density at radius 3 is 2.36 bits per heavy atom. The number of para-hydroxylation sites is 1. The molecule has 1 saturated carbocycles. The van der Waals surface area contributed by atoms with E-state index in [9.17, 15) is 4.79 Å². The van der Waals surface area contributed by atoms with Crippen LogP contribution in [0.1, 0.15) is 54.4 Å². The molecule has 0 aromatic heterocycles. The van der Waals surface area contributed by atoms with Crippen LogP contribution < -0.4 is 10.1 Å². The van der Waals surface area contributed by atoms with Gasteiger partial charge in [0.05, 0.1) is 5.02 Å². The summed E-state index contributed by atoms with van der Waals surface area (Å²) in [5, 5.41) is 3.77. The summed E-state index contributed by atoms with van der Waals surface area (Å²) >= 11 is 6.08. The molecular weight excluding hydrogens is 334 g/mol. The van der Waals surface area contributed by atoms with Crippen LogP contribution in [0.25, 0.3) is 0 Å². The number of ether oxygens (including phenoxy) is 1. The molecule has 2 aromatic carbocycles. The molecular formula is C21H24ClNO2. The van der Waals surface area contributed by atoms with Crippen LogP contribution in [0.15, 0.2) is 48.5 Å². The van der Waals surface area contributed by atoms with Crippen molar-refractivity contribution in [1.29, 1.82) is 0 Å². The molecule has 1 aliphatic rings. The van der Waals surface area contributed by atoms with E-state index in [0.717, 1.165) is 18.4 Å². The van der Waals surface area contributed by atoms with Crippen LogP contribution in [0.5, 0.6) is 5.75 Å². The summed E-state index contributed by atoms with van der Waals surface area (Å²) in [7, 11) is 0. The van der Waals surface area contributed by atoms with Gasteiger partial charge in [-0.15, -0.1) is 0 Å². The molecule has 0 radical (unpaired) electrons. The predicted molar refractivity (Wildman–Crippen MR) is 101 cm³/mol.